The largest absolute Gasteiger partial charge is 0.269 e. The second-order valence-corrected chi connectivity index (χ2v) is 4.48. The number of allylic oxidation sites excluding steroid dienone is 5. The zero-order chi connectivity index (χ0) is 13.8. The lowest BCUT2D eigenvalue weighted by Crippen LogP contribution is -2.09. The van der Waals surface area contributed by atoms with Crippen LogP contribution in [0.3, 0.4) is 0 Å². The summed E-state index contributed by atoms with van der Waals surface area (Å²) in [6.07, 6.45) is 10.1. The van der Waals surface area contributed by atoms with Gasteiger partial charge in [-0.3, -0.25) is 10.1 Å². The van der Waals surface area contributed by atoms with Gasteiger partial charge in [0, 0.05) is 24.3 Å². The smallest absolute Gasteiger partial charge is 0.258 e. The molecular weight excluding hydrogens is 240 g/mol. The maximum absolute atomic E-state index is 10.6. The fourth-order valence-electron chi connectivity index (χ4n) is 1.75. The first kappa shape index (κ1) is 13.0. The van der Waals surface area contributed by atoms with Gasteiger partial charge in [0.15, 0.2) is 5.71 Å². The molecule has 0 fully saturated rings. The summed E-state index contributed by atoms with van der Waals surface area (Å²) in [4.78, 5) is 10.2. The van der Waals surface area contributed by atoms with E-state index in [2.05, 4.69) is 0 Å². The molecule has 0 amide bonds. The molecule has 4 heteroatoms. The fraction of sp³-hybridized carbons (Fsp3) is 0.133. The Morgan fingerprint density at radius 2 is 1.58 bits per heavy atom. The normalized spacial score (nSPS) is 13.6. The summed E-state index contributed by atoms with van der Waals surface area (Å²) < 4.78 is 2.04. The van der Waals surface area contributed by atoms with Gasteiger partial charge in [-0.15, -0.1) is 0 Å². The minimum Gasteiger partial charge on any atom is -0.258 e. The average molecular weight is 255 g/mol. The highest BCUT2D eigenvalue weighted by molar-refractivity contribution is 6.02. The highest BCUT2D eigenvalue weighted by atomic mass is 16.6. The molecule has 0 spiro atoms. The number of nitro benzene ring substituents is 1. The molecule has 2 rings (SSSR count). The lowest BCUT2D eigenvalue weighted by atomic mass is 10.0. The van der Waals surface area contributed by atoms with Crippen LogP contribution in [0.5, 0.6) is 0 Å². The van der Waals surface area contributed by atoms with E-state index in [-0.39, 0.29) is 5.69 Å². The van der Waals surface area contributed by atoms with E-state index in [9.17, 15) is 10.1 Å². The minimum atomic E-state index is -0.393. The van der Waals surface area contributed by atoms with E-state index in [1.807, 2.05) is 49.1 Å². The van der Waals surface area contributed by atoms with Crippen molar-refractivity contribution in [1.82, 2.24) is 0 Å². The molecule has 0 heterocycles. The molecular formula is C15H15N2O2+. The molecule has 0 atom stereocenters. The van der Waals surface area contributed by atoms with Gasteiger partial charge in [-0.2, -0.15) is 0 Å². The molecule has 0 unspecified atom stereocenters. The third-order valence-electron chi connectivity index (χ3n) is 2.85. The highest BCUT2D eigenvalue weighted by Crippen LogP contribution is 2.16. The Morgan fingerprint density at radius 3 is 2.05 bits per heavy atom. The Bertz CT molecular complexity index is 598. The summed E-state index contributed by atoms with van der Waals surface area (Å²) in [5.74, 6) is 0. The predicted octanol–water partition coefficient (Wildman–Crippen LogP) is 2.82. The second-order valence-electron chi connectivity index (χ2n) is 4.48. The Labute approximate surface area is 111 Å². The van der Waals surface area contributed by atoms with E-state index in [1.54, 1.807) is 12.1 Å². The topological polar surface area (TPSA) is 46.1 Å². The number of nitro groups is 1. The van der Waals surface area contributed by atoms with Crippen LogP contribution in [0.15, 0.2) is 54.1 Å². The van der Waals surface area contributed by atoms with Gasteiger partial charge >= 0.3 is 0 Å². The molecule has 0 aromatic heterocycles. The van der Waals surface area contributed by atoms with Gasteiger partial charge in [-0.1, -0.05) is 0 Å². The Hall–Kier alpha value is -2.49. The van der Waals surface area contributed by atoms with Crippen molar-refractivity contribution in [3.05, 3.63) is 69.8 Å². The molecule has 0 saturated heterocycles. The van der Waals surface area contributed by atoms with Crippen molar-refractivity contribution >= 4 is 17.5 Å². The lowest BCUT2D eigenvalue weighted by molar-refractivity contribution is -0.462. The minimum absolute atomic E-state index is 0.111. The fourth-order valence-corrected chi connectivity index (χ4v) is 1.75. The molecule has 4 nitrogen and oxygen atoms in total. The molecule has 96 valence electrons. The van der Waals surface area contributed by atoms with E-state index in [0.717, 1.165) is 16.8 Å². The van der Waals surface area contributed by atoms with Crippen molar-refractivity contribution in [2.75, 3.05) is 14.1 Å². The van der Waals surface area contributed by atoms with Gasteiger partial charge in [-0.25, -0.2) is 4.58 Å². The third-order valence-corrected chi connectivity index (χ3v) is 2.85. The maximum Gasteiger partial charge on any atom is 0.269 e. The number of nitrogens with zero attached hydrogens (tertiary/aromatic N) is 2. The van der Waals surface area contributed by atoms with Crippen molar-refractivity contribution in [1.29, 1.82) is 0 Å². The van der Waals surface area contributed by atoms with Gasteiger partial charge in [0.1, 0.15) is 14.1 Å². The molecule has 0 bridgehead atoms. The Morgan fingerprint density at radius 1 is 1.00 bits per heavy atom. The standard InChI is InChI=1S/C15H15N2O2/c1-16(2)14-7-3-12(4-8-14)11-13-5-9-15(10-6-13)17(18)19/h3-11H,1-2H3/q+1. The summed E-state index contributed by atoms with van der Waals surface area (Å²) in [6.45, 7) is 0. The zero-order valence-electron chi connectivity index (χ0n) is 10.9. The summed E-state index contributed by atoms with van der Waals surface area (Å²) in [7, 11) is 3.99. The molecule has 0 aliphatic heterocycles. The highest BCUT2D eigenvalue weighted by Gasteiger charge is 2.05. The Balaban J connectivity index is 2.20. The van der Waals surface area contributed by atoms with Crippen LogP contribution in [0, 0.1) is 10.1 Å². The first-order valence-electron chi connectivity index (χ1n) is 5.93. The van der Waals surface area contributed by atoms with Gasteiger partial charge < -0.3 is 0 Å². The van der Waals surface area contributed by atoms with E-state index < -0.39 is 4.92 Å². The van der Waals surface area contributed by atoms with Crippen LogP contribution in [0.4, 0.5) is 5.69 Å². The van der Waals surface area contributed by atoms with Gasteiger partial charge in [0.25, 0.3) is 5.69 Å². The summed E-state index contributed by atoms with van der Waals surface area (Å²) in [5.41, 5.74) is 3.27. The molecule has 0 radical (unpaired) electrons. The number of hydrogen-bond acceptors (Lipinski definition) is 2. The average Bonchev–Trinajstić information content (AvgIpc) is 2.40. The van der Waals surface area contributed by atoms with Gasteiger partial charge in [-0.05, 0) is 41.5 Å². The predicted molar refractivity (Wildman–Crippen MR) is 76.5 cm³/mol. The second kappa shape index (κ2) is 5.44. The molecule has 0 saturated carbocycles. The van der Waals surface area contributed by atoms with Crippen LogP contribution >= 0.6 is 0 Å². The van der Waals surface area contributed by atoms with Crippen LogP contribution in [0.2, 0.25) is 0 Å². The van der Waals surface area contributed by atoms with Crippen LogP contribution in [0.1, 0.15) is 5.56 Å². The summed E-state index contributed by atoms with van der Waals surface area (Å²) in [6, 6.07) is 6.52. The van der Waals surface area contributed by atoms with Crippen molar-refractivity contribution < 1.29 is 9.50 Å². The van der Waals surface area contributed by atoms with Crippen LogP contribution in [-0.4, -0.2) is 29.3 Å². The Kier molecular flexibility index (Phi) is 3.71. The summed E-state index contributed by atoms with van der Waals surface area (Å²) >= 11 is 0. The van der Waals surface area contributed by atoms with E-state index >= 15 is 0 Å². The molecule has 1 aromatic carbocycles. The van der Waals surface area contributed by atoms with E-state index in [0.29, 0.717) is 0 Å². The quantitative estimate of drug-likeness (QED) is 0.463. The van der Waals surface area contributed by atoms with Crippen LogP contribution in [0.25, 0.3) is 6.08 Å². The zero-order valence-corrected chi connectivity index (χ0v) is 10.9. The van der Waals surface area contributed by atoms with Gasteiger partial charge in [0.2, 0.25) is 0 Å². The van der Waals surface area contributed by atoms with Gasteiger partial charge in [0.05, 0.1) is 4.92 Å². The molecule has 1 aromatic rings. The van der Waals surface area contributed by atoms with Crippen molar-refractivity contribution in [3.63, 3.8) is 0 Å². The molecule has 19 heavy (non-hydrogen) atoms. The van der Waals surface area contributed by atoms with Crippen LogP contribution < -0.4 is 0 Å². The first-order valence-corrected chi connectivity index (χ1v) is 5.93. The number of non-ortho nitro benzene ring substituents is 1. The van der Waals surface area contributed by atoms with Crippen molar-refractivity contribution in [2.24, 2.45) is 0 Å². The SMILES string of the molecule is C[N+](C)=C1C=CC(=Cc2ccc([N+](=O)[O-])cc2)C=C1. The van der Waals surface area contributed by atoms with Crippen molar-refractivity contribution in [3.8, 4) is 0 Å². The molecule has 1 aliphatic rings. The summed E-state index contributed by atoms with van der Waals surface area (Å²) in [5, 5.41) is 10.6. The number of rotatable bonds is 2. The van der Waals surface area contributed by atoms with E-state index in [4.69, 9.17) is 0 Å². The number of benzene rings is 1. The molecule has 0 N–H and O–H groups in total. The molecule has 1 aliphatic carbocycles. The number of hydrogen-bond donors (Lipinski definition) is 0. The van der Waals surface area contributed by atoms with E-state index in [1.165, 1.54) is 12.1 Å². The van der Waals surface area contributed by atoms with Crippen LogP contribution in [-0.2, 0) is 0 Å². The third kappa shape index (κ3) is 3.25. The lowest BCUT2D eigenvalue weighted by Gasteiger charge is -2.02. The first-order chi connectivity index (χ1) is 9.06. The monoisotopic (exact) mass is 255 g/mol. The van der Waals surface area contributed by atoms with Crippen molar-refractivity contribution in [2.45, 2.75) is 0 Å². The maximum atomic E-state index is 10.6.